The lowest BCUT2D eigenvalue weighted by Crippen LogP contribution is -2.47. The largest absolute Gasteiger partial charge is 0.497 e. The Kier molecular flexibility index (Phi) is 4.43. The van der Waals surface area contributed by atoms with Gasteiger partial charge in [0.2, 0.25) is 0 Å². The summed E-state index contributed by atoms with van der Waals surface area (Å²) in [7, 11) is 1.56. The van der Waals surface area contributed by atoms with Crippen molar-refractivity contribution in [3.05, 3.63) is 53.6 Å². The van der Waals surface area contributed by atoms with Gasteiger partial charge in [0.25, 0.3) is 11.8 Å². The van der Waals surface area contributed by atoms with Crippen molar-refractivity contribution in [1.29, 1.82) is 0 Å². The number of carbonyl (C=O) groups is 4. The Morgan fingerprint density at radius 1 is 1.04 bits per heavy atom. The third kappa shape index (κ3) is 2.94. The number of rotatable bonds is 4. The predicted molar refractivity (Wildman–Crippen MR) is 101 cm³/mol. The summed E-state index contributed by atoms with van der Waals surface area (Å²) in [5, 5.41) is 3.15. The number of imide groups is 1. The van der Waals surface area contributed by atoms with Gasteiger partial charge in [-0.3, -0.25) is 24.1 Å². The van der Waals surface area contributed by atoms with Gasteiger partial charge in [0.15, 0.2) is 5.78 Å². The normalized spacial score (nSPS) is 19.0. The summed E-state index contributed by atoms with van der Waals surface area (Å²) in [4.78, 5) is 50.7. The van der Waals surface area contributed by atoms with Crippen LogP contribution >= 0.6 is 0 Å². The van der Waals surface area contributed by atoms with E-state index in [1.165, 1.54) is 0 Å². The third-order valence-corrected chi connectivity index (χ3v) is 5.05. The van der Waals surface area contributed by atoms with Crippen LogP contribution in [0, 0.1) is 0 Å². The minimum absolute atomic E-state index is 0.154. The molecule has 1 fully saturated rings. The van der Waals surface area contributed by atoms with Crippen LogP contribution in [-0.4, -0.2) is 41.4 Å². The van der Waals surface area contributed by atoms with Gasteiger partial charge in [-0.05, 0) is 30.7 Å². The van der Waals surface area contributed by atoms with Crippen LogP contribution in [0.1, 0.15) is 40.0 Å². The van der Waals surface area contributed by atoms with Gasteiger partial charge in [0, 0.05) is 18.2 Å². The van der Waals surface area contributed by atoms with Crippen molar-refractivity contribution in [3.63, 3.8) is 0 Å². The first-order chi connectivity index (χ1) is 13.5. The zero-order valence-corrected chi connectivity index (χ0v) is 15.2. The number of fused-ring (bicyclic) bond motifs is 1. The van der Waals surface area contributed by atoms with Crippen molar-refractivity contribution >= 4 is 34.8 Å². The van der Waals surface area contributed by atoms with Crippen LogP contribution in [0.3, 0.4) is 0 Å². The number of ketones is 2. The fourth-order valence-electron chi connectivity index (χ4n) is 3.68. The van der Waals surface area contributed by atoms with E-state index in [4.69, 9.17) is 4.74 Å². The minimum Gasteiger partial charge on any atom is -0.497 e. The molecule has 7 heteroatoms. The van der Waals surface area contributed by atoms with Crippen molar-refractivity contribution < 1.29 is 23.9 Å². The molecule has 1 aliphatic heterocycles. The Morgan fingerprint density at radius 3 is 2.57 bits per heavy atom. The average Bonchev–Trinajstić information content (AvgIpc) is 2.94. The van der Waals surface area contributed by atoms with E-state index in [1.54, 1.807) is 43.5 Å². The van der Waals surface area contributed by atoms with E-state index < -0.39 is 17.9 Å². The second kappa shape index (κ2) is 6.92. The van der Waals surface area contributed by atoms with E-state index in [2.05, 4.69) is 5.32 Å². The van der Waals surface area contributed by atoms with E-state index in [1.807, 2.05) is 6.07 Å². The molecule has 1 unspecified atom stereocenters. The fraction of sp³-hybridized carbons (Fsp3) is 0.238. The molecule has 1 aliphatic carbocycles. The lowest BCUT2D eigenvalue weighted by atomic mass is 9.92. The third-order valence-electron chi connectivity index (χ3n) is 5.05. The smallest absolute Gasteiger partial charge is 0.264 e. The predicted octanol–water partition coefficient (Wildman–Crippen LogP) is 2.73. The molecule has 2 aliphatic rings. The number of nitrogens with one attached hydrogen (secondary N) is 1. The molecule has 2 aromatic carbocycles. The van der Waals surface area contributed by atoms with Gasteiger partial charge >= 0.3 is 0 Å². The Labute approximate surface area is 161 Å². The highest BCUT2D eigenvalue weighted by molar-refractivity contribution is 6.25. The van der Waals surface area contributed by atoms with E-state index >= 15 is 0 Å². The molecule has 0 radical (unpaired) electrons. The van der Waals surface area contributed by atoms with Crippen molar-refractivity contribution in [1.82, 2.24) is 4.90 Å². The van der Waals surface area contributed by atoms with E-state index in [0.29, 0.717) is 17.1 Å². The average molecular weight is 378 g/mol. The Hall–Kier alpha value is -3.48. The number of Topliss-reactive ketones (excluding diaryl/α,β-unsaturated/α-hetero) is 2. The molecule has 28 heavy (non-hydrogen) atoms. The lowest BCUT2D eigenvalue weighted by Gasteiger charge is -2.27. The van der Waals surface area contributed by atoms with Gasteiger partial charge in [-0.2, -0.15) is 0 Å². The minimum atomic E-state index is -0.880. The van der Waals surface area contributed by atoms with Gasteiger partial charge in [0.1, 0.15) is 11.5 Å². The number of nitrogens with zero attached hydrogens (tertiary/aromatic N) is 1. The van der Waals surface area contributed by atoms with Crippen molar-refractivity contribution in [2.24, 2.45) is 0 Å². The molecule has 4 rings (SSSR count). The van der Waals surface area contributed by atoms with Crippen LogP contribution < -0.4 is 10.1 Å². The zero-order valence-electron chi connectivity index (χ0n) is 15.2. The quantitative estimate of drug-likeness (QED) is 0.650. The maximum Gasteiger partial charge on any atom is 0.264 e. The number of methoxy groups -OCH3 is 1. The topological polar surface area (TPSA) is 92.8 Å². The Balaban J connectivity index is 1.68. The SMILES string of the molecule is COc1cccc(Nc2cccc3c2C(=O)N(C2CCC(=O)CC2=O)C3=O)c1. The number of benzene rings is 2. The molecular weight excluding hydrogens is 360 g/mol. The molecule has 2 amide bonds. The summed E-state index contributed by atoms with van der Waals surface area (Å²) in [5.74, 6) is -0.897. The summed E-state index contributed by atoms with van der Waals surface area (Å²) >= 11 is 0. The maximum absolute atomic E-state index is 13.1. The number of hydrogen-bond acceptors (Lipinski definition) is 6. The van der Waals surface area contributed by atoms with Gasteiger partial charge in [-0.25, -0.2) is 0 Å². The van der Waals surface area contributed by atoms with Gasteiger partial charge in [-0.15, -0.1) is 0 Å². The van der Waals surface area contributed by atoms with Gasteiger partial charge < -0.3 is 10.1 Å². The van der Waals surface area contributed by atoms with Crippen LogP contribution in [0.25, 0.3) is 0 Å². The fourth-order valence-corrected chi connectivity index (χ4v) is 3.68. The summed E-state index contributed by atoms with van der Waals surface area (Å²) in [6.07, 6.45) is 0.146. The highest BCUT2D eigenvalue weighted by Crippen LogP contribution is 2.34. The first-order valence-corrected chi connectivity index (χ1v) is 8.96. The molecular formula is C21H18N2O5. The number of hydrogen-bond donors (Lipinski definition) is 1. The lowest BCUT2D eigenvalue weighted by molar-refractivity contribution is -0.132. The Morgan fingerprint density at radius 2 is 1.82 bits per heavy atom. The van der Waals surface area contributed by atoms with Crippen LogP contribution in [-0.2, 0) is 9.59 Å². The maximum atomic E-state index is 13.1. The second-order valence-electron chi connectivity index (χ2n) is 6.80. The van der Waals surface area contributed by atoms with E-state index in [-0.39, 0.29) is 42.0 Å². The van der Waals surface area contributed by atoms with Crippen molar-refractivity contribution in [3.8, 4) is 5.75 Å². The van der Waals surface area contributed by atoms with Gasteiger partial charge in [0.05, 0.1) is 36.4 Å². The molecule has 0 saturated heterocycles. The zero-order chi connectivity index (χ0) is 19.8. The van der Waals surface area contributed by atoms with E-state index in [9.17, 15) is 19.2 Å². The Bertz CT molecular complexity index is 1010. The number of carbonyl (C=O) groups excluding carboxylic acids is 4. The molecule has 142 valence electrons. The molecule has 0 spiro atoms. The first kappa shape index (κ1) is 17.9. The summed E-state index contributed by atoms with van der Waals surface area (Å²) < 4.78 is 5.21. The molecule has 1 atom stereocenters. The molecule has 0 aromatic heterocycles. The standard InChI is InChI=1S/C21H18N2O5/c1-28-14-5-2-4-12(10-14)22-16-7-3-6-15-19(16)21(27)23(20(15)26)17-9-8-13(24)11-18(17)25/h2-7,10,17,22H,8-9,11H2,1H3. The molecule has 2 aromatic rings. The van der Waals surface area contributed by atoms with Crippen LogP contribution in [0.5, 0.6) is 5.75 Å². The molecule has 1 heterocycles. The number of anilines is 2. The summed E-state index contributed by atoms with van der Waals surface area (Å²) in [6.45, 7) is 0. The molecule has 7 nitrogen and oxygen atoms in total. The summed E-state index contributed by atoms with van der Waals surface area (Å²) in [5.41, 5.74) is 1.67. The first-order valence-electron chi connectivity index (χ1n) is 8.96. The van der Waals surface area contributed by atoms with Crippen LogP contribution in [0.15, 0.2) is 42.5 Å². The highest BCUT2D eigenvalue weighted by atomic mass is 16.5. The highest BCUT2D eigenvalue weighted by Gasteiger charge is 2.45. The van der Waals surface area contributed by atoms with Crippen molar-refractivity contribution in [2.45, 2.75) is 25.3 Å². The molecule has 1 saturated carbocycles. The van der Waals surface area contributed by atoms with Gasteiger partial charge in [-0.1, -0.05) is 12.1 Å². The van der Waals surface area contributed by atoms with Crippen LogP contribution in [0.4, 0.5) is 11.4 Å². The second-order valence-corrected chi connectivity index (χ2v) is 6.80. The summed E-state index contributed by atoms with van der Waals surface area (Å²) in [6, 6.07) is 11.3. The number of amides is 2. The molecule has 0 bridgehead atoms. The molecule has 1 N–H and O–H groups in total. The van der Waals surface area contributed by atoms with Crippen LogP contribution in [0.2, 0.25) is 0 Å². The van der Waals surface area contributed by atoms with Crippen molar-refractivity contribution in [2.75, 3.05) is 12.4 Å². The monoisotopic (exact) mass is 378 g/mol. The number of ether oxygens (including phenoxy) is 1. The van der Waals surface area contributed by atoms with E-state index in [0.717, 1.165) is 4.90 Å².